The summed E-state index contributed by atoms with van der Waals surface area (Å²) >= 11 is 0. The molecule has 102 valence electrons. The summed E-state index contributed by atoms with van der Waals surface area (Å²) in [5.74, 6) is 1.72. The molecule has 0 aliphatic heterocycles. The lowest BCUT2D eigenvalue weighted by Gasteiger charge is -2.26. The third-order valence-corrected chi connectivity index (χ3v) is 2.86. The SMILES string of the molecule is CNCC(C)(C)NCc1cc(OC)ccc1OC. The maximum atomic E-state index is 5.36. The van der Waals surface area contributed by atoms with E-state index in [1.807, 2.05) is 25.2 Å². The van der Waals surface area contributed by atoms with E-state index in [0.717, 1.165) is 30.2 Å². The molecule has 0 bridgehead atoms. The molecule has 0 amide bonds. The molecule has 0 heterocycles. The first-order chi connectivity index (χ1) is 8.52. The van der Waals surface area contributed by atoms with E-state index in [9.17, 15) is 0 Å². The van der Waals surface area contributed by atoms with Gasteiger partial charge in [0.2, 0.25) is 0 Å². The molecule has 0 saturated heterocycles. The summed E-state index contributed by atoms with van der Waals surface area (Å²) in [5, 5.41) is 6.68. The van der Waals surface area contributed by atoms with E-state index in [0.29, 0.717) is 0 Å². The van der Waals surface area contributed by atoms with Gasteiger partial charge in [-0.25, -0.2) is 0 Å². The van der Waals surface area contributed by atoms with Crippen LogP contribution in [0.2, 0.25) is 0 Å². The molecule has 0 unspecified atom stereocenters. The van der Waals surface area contributed by atoms with Gasteiger partial charge in [0, 0.05) is 24.2 Å². The summed E-state index contributed by atoms with van der Waals surface area (Å²) < 4.78 is 10.6. The van der Waals surface area contributed by atoms with Gasteiger partial charge in [0.1, 0.15) is 11.5 Å². The summed E-state index contributed by atoms with van der Waals surface area (Å²) in [6.07, 6.45) is 0. The van der Waals surface area contributed by atoms with Crippen LogP contribution in [-0.4, -0.2) is 33.4 Å². The maximum Gasteiger partial charge on any atom is 0.123 e. The Hall–Kier alpha value is -1.26. The third-order valence-electron chi connectivity index (χ3n) is 2.86. The van der Waals surface area contributed by atoms with Gasteiger partial charge in [-0.3, -0.25) is 0 Å². The van der Waals surface area contributed by atoms with Gasteiger partial charge in [-0.15, -0.1) is 0 Å². The van der Waals surface area contributed by atoms with Crippen molar-refractivity contribution in [1.29, 1.82) is 0 Å². The van der Waals surface area contributed by atoms with E-state index in [2.05, 4.69) is 24.5 Å². The normalized spacial score (nSPS) is 11.4. The number of hydrogen-bond acceptors (Lipinski definition) is 4. The van der Waals surface area contributed by atoms with Crippen LogP contribution < -0.4 is 20.1 Å². The Balaban J connectivity index is 2.76. The van der Waals surface area contributed by atoms with Crippen LogP contribution in [-0.2, 0) is 6.54 Å². The van der Waals surface area contributed by atoms with Crippen molar-refractivity contribution in [2.75, 3.05) is 27.8 Å². The van der Waals surface area contributed by atoms with E-state index in [1.165, 1.54) is 0 Å². The van der Waals surface area contributed by atoms with Crippen LogP contribution in [0.15, 0.2) is 18.2 Å². The molecule has 18 heavy (non-hydrogen) atoms. The number of rotatable bonds is 7. The minimum atomic E-state index is 0.0306. The average Bonchev–Trinajstić information content (AvgIpc) is 2.36. The summed E-state index contributed by atoms with van der Waals surface area (Å²) in [4.78, 5) is 0. The lowest BCUT2D eigenvalue weighted by atomic mass is 10.0. The van der Waals surface area contributed by atoms with Crippen molar-refractivity contribution in [3.8, 4) is 11.5 Å². The smallest absolute Gasteiger partial charge is 0.123 e. The highest BCUT2D eigenvalue weighted by Crippen LogP contribution is 2.24. The number of hydrogen-bond donors (Lipinski definition) is 2. The second kappa shape index (κ2) is 6.61. The second-order valence-electron chi connectivity index (χ2n) is 4.95. The zero-order valence-electron chi connectivity index (χ0n) is 12.0. The van der Waals surface area contributed by atoms with E-state index >= 15 is 0 Å². The van der Waals surface area contributed by atoms with Gasteiger partial charge < -0.3 is 20.1 Å². The van der Waals surface area contributed by atoms with Crippen LogP contribution in [0.5, 0.6) is 11.5 Å². The zero-order valence-corrected chi connectivity index (χ0v) is 12.0. The molecule has 0 radical (unpaired) electrons. The van der Waals surface area contributed by atoms with Gasteiger partial charge >= 0.3 is 0 Å². The van der Waals surface area contributed by atoms with Crippen LogP contribution in [0.3, 0.4) is 0 Å². The Morgan fingerprint density at radius 2 is 1.89 bits per heavy atom. The van der Waals surface area contributed by atoms with Crippen LogP contribution >= 0.6 is 0 Å². The first-order valence-corrected chi connectivity index (χ1v) is 6.13. The lowest BCUT2D eigenvalue weighted by Crippen LogP contribution is -2.46. The summed E-state index contributed by atoms with van der Waals surface area (Å²) in [7, 11) is 5.31. The van der Waals surface area contributed by atoms with E-state index in [4.69, 9.17) is 9.47 Å². The fraction of sp³-hybridized carbons (Fsp3) is 0.571. The van der Waals surface area contributed by atoms with Crippen molar-refractivity contribution < 1.29 is 9.47 Å². The molecule has 0 aromatic heterocycles. The molecule has 0 saturated carbocycles. The molecule has 0 aliphatic rings. The second-order valence-corrected chi connectivity index (χ2v) is 4.95. The van der Waals surface area contributed by atoms with E-state index in [-0.39, 0.29) is 5.54 Å². The van der Waals surface area contributed by atoms with Gasteiger partial charge in [-0.1, -0.05) is 0 Å². The standard InChI is InChI=1S/C14H24N2O2/c1-14(2,10-15-3)16-9-11-8-12(17-4)6-7-13(11)18-5/h6-8,15-16H,9-10H2,1-5H3. The molecule has 4 heteroatoms. The molecular formula is C14H24N2O2. The Morgan fingerprint density at radius 3 is 2.44 bits per heavy atom. The fourth-order valence-corrected chi connectivity index (χ4v) is 1.86. The van der Waals surface area contributed by atoms with Crippen molar-refractivity contribution in [3.05, 3.63) is 23.8 Å². The average molecular weight is 252 g/mol. The quantitative estimate of drug-likeness (QED) is 0.776. The number of nitrogens with one attached hydrogen (secondary N) is 2. The van der Waals surface area contributed by atoms with Crippen molar-refractivity contribution in [3.63, 3.8) is 0 Å². The predicted octanol–water partition coefficient (Wildman–Crippen LogP) is 1.79. The first-order valence-electron chi connectivity index (χ1n) is 6.13. The van der Waals surface area contributed by atoms with Crippen LogP contribution in [0.25, 0.3) is 0 Å². The van der Waals surface area contributed by atoms with Gasteiger partial charge in [0.05, 0.1) is 14.2 Å². The molecule has 2 N–H and O–H groups in total. The molecule has 1 aromatic carbocycles. The number of likely N-dealkylation sites (N-methyl/N-ethyl adjacent to an activating group) is 1. The van der Waals surface area contributed by atoms with Crippen molar-refractivity contribution in [2.45, 2.75) is 25.9 Å². The van der Waals surface area contributed by atoms with Crippen molar-refractivity contribution in [2.24, 2.45) is 0 Å². The summed E-state index contributed by atoms with van der Waals surface area (Å²) in [6, 6.07) is 5.84. The monoisotopic (exact) mass is 252 g/mol. The highest BCUT2D eigenvalue weighted by Gasteiger charge is 2.16. The molecule has 0 atom stereocenters. The fourth-order valence-electron chi connectivity index (χ4n) is 1.86. The Bertz CT molecular complexity index is 378. The Labute approximate surface area is 110 Å². The minimum Gasteiger partial charge on any atom is -0.497 e. The van der Waals surface area contributed by atoms with Gasteiger partial charge in [-0.2, -0.15) is 0 Å². The highest BCUT2D eigenvalue weighted by atomic mass is 16.5. The Morgan fingerprint density at radius 1 is 1.17 bits per heavy atom. The van der Waals surface area contributed by atoms with E-state index < -0.39 is 0 Å². The van der Waals surface area contributed by atoms with Gasteiger partial charge in [0.15, 0.2) is 0 Å². The third kappa shape index (κ3) is 4.20. The lowest BCUT2D eigenvalue weighted by molar-refractivity contribution is 0.361. The first kappa shape index (κ1) is 14.8. The predicted molar refractivity (Wildman–Crippen MR) is 74.4 cm³/mol. The van der Waals surface area contributed by atoms with Crippen molar-refractivity contribution >= 4 is 0 Å². The van der Waals surface area contributed by atoms with Crippen LogP contribution in [0, 0.1) is 0 Å². The van der Waals surface area contributed by atoms with Crippen LogP contribution in [0.4, 0.5) is 0 Å². The maximum absolute atomic E-state index is 5.36. The zero-order chi connectivity index (χ0) is 13.6. The van der Waals surface area contributed by atoms with Crippen molar-refractivity contribution in [1.82, 2.24) is 10.6 Å². The largest absolute Gasteiger partial charge is 0.497 e. The highest BCUT2D eigenvalue weighted by molar-refractivity contribution is 5.40. The summed E-state index contributed by atoms with van der Waals surface area (Å²) in [6.45, 7) is 5.97. The van der Waals surface area contributed by atoms with Gasteiger partial charge in [0.25, 0.3) is 0 Å². The van der Waals surface area contributed by atoms with Crippen LogP contribution in [0.1, 0.15) is 19.4 Å². The topological polar surface area (TPSA) is 42.5 Å². The molecule has 1 rings (SSSR count). The number of methoxy groups -OCH3 is 2. The van der Waals surface area contributed by atoms with E-state index in [1.54, 1.807) is 14.2 Å². The molecule has 0 spiro atoms. The molecule has 0 aliphatic carbocycles. The molecule has 4 nitrogen and oxygen atoms in total. The molecule has 1 aromatic rings. The number of ether oxygens (including phenoxy) is 2. The minimum absolute atomic E-state index is 0.0306. The number of benzene rings is 1. The molecule has 0 fully saturated rings. The summed E-state index contributed by atoms with van der Waals surface area (Å²) in [5.41, 5.74) is 1.13. The molecular weight excluding hydrogens is 228 g/mol. The Kier molecular flexibility index (Phi) is 5.44. The van der Waals surface area contributed by atoms with Gasteiger partial charge in [-0.05, 0) is 39.1 Å².